The van der Waals surface area contributed by atoms with Crippen LogP contribution in [0.2, 0.25) is 0 Å². The van der Waals surface area contributed by atoms with Crippen molar-refractivity contribution in [3.05, 3.63) is 21.9 Å². The van der Waals surface area contributed by atoms with Gasteiger partial charge in [0.2, 0.25) is 5.91 Å². The van der Waals surface area contributed by atoms with Gasteiger partial charge in [-0.25, -0.2) is 0 Å². The van der Waals surface area contributed by atoms with Gasteiger partial charge in [-0.15, -0.1) is 11.3 Å². The Hall–Kier alpha value is -0.870. The molecule has 2 N–H and O–H groups in total. The zero-order chi connectivity index (χ0) is 14.0. The van der Waals surface area contributed by atoms with Crippen LogP contribution in [-0.2, 0) is 11.2 Å². The maximum atomic E-state index is 12.7. The Bertz CT molecular complexity index is 441. The van der Waals surface area contributed by atoms with Crippen LogP contribution in [0.4, 0.5) is 0 Å². The summed E-state index contributed by atoms with van der Waals surface area (Å²) < 4.78 is 0. The Morgan fingerprint density at radius 2 is 2.32 bits per heavy atom. The number of nitrogens with two attached hydrogens (primary N) is 1. The Kier molecular flexibility index (Phi) is 4.63. The number of hydrogen-bond donors (Lipinski definition) is 1. The fourth-order valence-electron chi connectivity index (χ4n) is 2.97. The molecule has 1 aliphatic rings. The Morgan fingerprint density at radius 1 is 1.58 bits per heavy atom. The first-order chi connectivity index (χ1) is 9.10. The van der Waals surface area contributed by atoms with Gasteiger partial charge in [-0.2, -0.15) is 0 Å². The van der Waals surface area contributed by atoms with E-state index in [0.717, 1.165) is 19.4 Å². The molecular weight excluding hydrogens is 256 g/mol. The number of hydrogen-bond acceptors (Lipinski definition) is 3. The van der Waals surface area contributed by atoms with E-state index in [1.807, 2.05) is 11.3 Å². The molecule has 2 unspecified atom stereocenters. The number of thiophene rings is 1. The van der Waals surface area contributed by atoms with E-state index in [4.69, 9.17) is 5.73 Å². The van der Waals surface area contributed by atoms with Crippen LogP contribution >= 0.6 is 11.3 Å². The van der Waals surface area contributed by atoms with Crippen LogP contribution in [-0.4, -0.2) is 23.9 Å². The molecule has 0 spiro atoms. The van der Waals surface area contributed by atoms with Gasteiger partial charge in [0.15, 0.2) is 0 Å². The first-order valence-corrected chi connectivity index (χ1v) is 8.04. The lowest BCUT2D eigenvalue weighted by molar-refractivity contribution is -0.139. The topological polar surface area (TPSA) is 46.3 Å². The van der Waals surface area contributed by atoms with Crippen LogP contribution in [0.15, 0.2) is 11.4 Å². The summed E-state index contributed by atoms with van der Waals surface area (Å²) in [4.78, 5) is 16.2. The van der Waals surface area contributed by atoms with Crippen LogP contribution in [0.3, 0.4) is 0 Å². The minimum absolute atomic E-state index is 0.0470. The van der Waals surface area contributed by atoms with Crippen molar-refractivity contribution in [3.63, 3.8) is 0 Å². The van der Waals surface area contributed by atoms with Crippen LogP contribution in [0.5, 0.6) is 0 Å². The first-order valence-electron chi connectivity index (χ1n) is 7.16. The lowest BCUT2D eigenvalue weighted by Gasteiger charge is -2.38. The van der Waals surface area contributed by atoms with Crippen molar-refractivity contribution in [2.75, 3.05) is 13.1 Å². The zero-order valence-electron chi connectivity index (χ0n) is 12.1. The average Bonchev–Trinajstić information content (AvgIpc) is 2.85. The number of rotatable bonds is 4. The second-order valence-corrected chi connectivity index (χ2v) is 6.59. The molecule has 0 saturated heterocycles. The summed E-state index contributed by atoms with van der Waals surface area (Å²) >= 11 is 1.82. The van der Waals surface area contributed by atoms with Crippen molar-refractivity contribution < 1.29 is 4.79 Å². The summed E-state index contributed by atoms with van der Waals surface area (Å²) in [5.41, 5.74) is 7.15. The molecule has 4 heteroatoms. The first kappa shape index (κ1) is 14.5. The molecule has 0 aromatic carbocycles. The van der Waals surface area contributed by atoms with Gasteiger partial charge >= 0.3 is 0 Å². The molecule has 2 heterocycles. The van der Waals surface area contributed by atoms with Crippen molar-refractivity contribution >= 4 is 17.2 Å². The molecule has 0 aliphatic carbocycles. The molecule has 1 aliphatic heterocycles. The molecule has 1 aromatic heterocycles. The van der Waals surface area contributed by atoms with E-state index < -0.39 is 0 Å². The van der Waals surface area contributed by atoms with Crippen molar-refractivity contribution in [1.29, 1.82) is 0 Å². The van der Waals surface area contributed by atoms with E-state index in [9.17, 15) is 4.79 Å². The van der Waals surface area contributed by atoms with E-state index in [1.54, 1.807) is 0 Å². The highest BCUT2D eigenvalue weighted by Crippen LogP contribution is 2.36. The largest absolute Gasteiger partial charge is 0.335 e. The highest BCUT2D eigenvalue weighted by Gasteiger charge is 2.34. The number of fused-ring (bicyclic) bond motifs is 1. The molecule has 2 atom stereocenters. The molecule has 3 nitrogen and oxygen atoms in total. The van der Waals surface area contributed by atoms with E-state index >= 15 is 0 Å². The second kappa shape index (κ2) is 6.06. The molecule has 0 fully saturated rings. The molecule has 2 rings (SSSR count). The Morgan fingerprint density at radius 3 is 2.89 bits per heavy atom. The van der Waals surface area contributed by atoms with Gasteiger partial charge in [-0.3, -0.25) is 4.79 Å². The summed E-state index contributed by atoms with van der Waals surface area (Å²) in [6.07, 6.45) is 1.97. The lowest BCUT2D eigenvalue weighted by Crippen LogP contribution is -2.45. The summed E-state index contributed by atoms with van der Waals surface area (Å²) in [5, 5.41) is 2.14. The average molecular weight is 280 g/mol. The fourth-order valence-corrected chi connectivity index (χ4v) is 3.90. The molecule has 19 heavy (non-hydrogen) atoms. The van der Waals surface area contributed by atoms with E-state index in [0.29, 0.717) is 12.5 Å². The van der Waals surface area contributed by atoms with Gasteiger partial charge in [0.05, 0.1) is 12.0 Å². The molecule has 1 amide bonds. The van der Waals surface area contributed by atoms with Gasteiger partial charge in [-0.05, 0) is 35.8 Å². The normalized spacial score (nSPS) is 20.5. The highest BCUT2D eigenvalue weighted by atomic mass is 32.1. The van der Waals surface area contributed by atoms with Crippen molar-refractivity contribution in [1.82, 2.24) is 4.90 Å². The summed E-state index contributed by atoms with van der Waals surface area (Å²) in [6, 6.07) is 2.43. The third-order valence-electron chi connectivity index (χ3n) is 4.14. The fraction of sp³-hybridized carbons (Fsp3) is 0.667. The van der Waals surface area contributed by atoms with Crippen LogP contribution < -0.4 is 5.73 Å². The molecule has 0 radical (unpaired) electrons. The molecule has 0 bridgehead atoms. The summed E-state index contributed by atoms with van der Waals surface area (Å²) in [5.74, 6) is 0.495. The van der Waals surface area contributed by atoms with Gasteiger partial charge < -0.3 is 10.6 Å². The smallest absolute Gasteiger partial charge is 0.227 e. The van der Waals surface area contributed by atoms with Crippen molar-refractivity contribution in [3.8, 4) is 0 Å². The maximum absolute atomic E-state index is 12.7. The molecule has 106 valence electrons. The predicted molar refractivity (Wildman–Crippen MR) is 80.2 cm³/mol. The number of carbonyl (C=O) groups excluding carboxylic acids is 1. The lowest BCUT2D eigenvalue weighted by atomic mass is 9.91. The number of amides is 1. The zero-order valence-corrected chi connectivity index (χ0v) is 12.9. The quantitative estimate of drug-likeness (QED) is 0.922. The highest BCUT2D eigenvalue weighted by molar-refractivity contribution is 7.10. The van der Waals surface area contributed by atoms with E-state index in [1.165, 1.54) is 10.4 Å². The third-order valence-corrected chi connectivity index (χ3v) is 5.14. The Labute approximate surface area is 119 Å². The van der Waals surface area contributed by atoms with E-state index in [-0.39, 0.29) is 17.9 Å². The van der Waals surface area contributed by atoms with E-state index in [2.05, 4.69) is 37.1 Å². The van der Waals surface area contributed by atoms with Crippen LogP contribution in [0.25, 0.3) is 0 Å². The van der Waals surface area contributed by atoms with Gasteiger partial charge in [0, 0.05) is 18.0 Å². The number of carbonyl (C=O) groups is 1. The summed E-state index contributed by atoms with van der Waals surface area (Å²) in [6.45, 7) is 7.60. The van der Waals surface area contributed by atoms with Gasteiger partial charge in [0.1, 0.15) is 0 Å². The molecule has 1 aromatic rings. The van der Waals surface area contributed by atoms with Crippen molar-refractivity contribution in [2.45, 2.75) is 39.7 Å². The van der Waals surface area contributed by atoms with Crippen LogP contribution in [0.1, 0.15) is 43.7 Å². The van der Waals surface area contributed by atoms with Crippen molar-refractivity contribution in [2.24, 2.45) is 17.6 Å². The molecule has 0 saturated carbocycles. The summed E-state index contributed by atoms with van der Waals surface area (Å²) in [7, 11) is 0. The number of nitrogens with zero attached hydrogens (tertiary/aromatic N) is 1. The predicted octanol–water partition coefficient (Wildman–Crippen LogP) is 2.81. The van der Waals surface area contributed by atoms with Gasteiger partial charge in [0.25, 0.3) is 0 Å². The maximum Gasteiger partial charge on any atom is 0.227 e. The minimum atomic E-state index is -0.0470. The van der Waals surface area contributed by atoms with Crippen LogP contribution in [0, 0.1) is 11.8 Å². The standard InChI is InChI=1S/C15H24N2OS/c1-4-13-11-6-8-19-14(11)5-7-17(13)15(18)12(9-16)10(2)3/h6,8,10,12-13H,4-5,7,9,16H2,1-3H3. The second-order valence-electron chi connectivity index (χ2n) is 5.59. The minimum Gasteiger partial charge on any atom is -0.335 e. The monoisotopic (exact) mass is 280 g/mol. The third kappa shape index (κ3) is 2.70. The molecular formula is C15H24N2OS. The van der Waals surface area contributed by atoms with Gasteiger partial charge in [-0.1, -0.05) is 20.8 Å². The SMILES string of the molecule is CCC1c2ccsc2CCN1C(=O)C(CN)C(C)C. The Balaban J connectivity index is 2.23.